The second-order valence-corrected chi connectivity index (χ2v) is 3.74. The Morgan fingerprint density at radius 1 is 1.47 bits per heavy atom. The van der Waals surface area contributed by atoms with E-state index in [4.69, 9.17) is 19.0 Å². The molecule has 0 spiro atoms. The molecule has 2 heterocycles. The molecule has 0 aliphatic carbocycles. The maximum atomic E-state index is 10.8. The first-order chi connectivity index (χ1) is 8.22. The number of hydrogen-bond donors (Lipinski definition) is 1. The number of aromatic nitrogens is 1. The summed E-state index contributed by atoms with van der Waals surface area (Å²) in [6.07, 6.45) is 0.123. The predicted molar refractivity (Wildman–Crippen MR) is 56.2 cm³/mol. The molecule has 1 fully saturated rings. The molecular formula is C11H9NO5. The molecule has 6 nitrogen and oxygen atoms in total. The molecule has 0 unspecified atom stereocenters. The summed E-state index contributed by atoms with van der Waals surface area (Å²) < 4.78 is 15.7. The van der Waals surface area contributed by atoms with E-state index in [9.17, 15) is 4.79 Å². The van der Waals surface area contributed by atoms with Crippen LogP contribution in [0.5, 0.6) is 6.08 Å². The zero-order chi connectivity index (χ0) is 11.8. The van der Waals surface area contributed by atoms with Crippen LogP contribution in [-0.2, 0) is 4.74 Å². The number of hydrogen-bond acceptors (Lipinski definition) is 5. The monoisotopic (exact) mass is 235 g/mol. The fraction of sp³-hybridized carbons (Fsp3) is 0.273. The predicted octanol–water partition coefficient (Wildman–Crippen LogP) is 1.30. The van der Waals surface area contributed by atoms with E-state index in [1.54, 1.807) is 6.07 Å². The Morgan fingerprint density at radius 2 is 2.29 bits per heavy atom. The third-order valence-electron chi connectivity index (χ3n) is 2.49. The van der Waals surface area contributed by atoms with Gasteiger partial charge in [0.15, 0.2) is 11.7 Å². The van der Waals surface area contributed by atoms with Crippen molar-refractivity contribution in [3.05, 3.63) is 23.8 Å². The van der Waals surface area contributed by atoms with Gasteiger partial charge in [0.05, 0.1) is 18.8 Å². The van der Waals surface area contributed by atoms with Crippen molar-refractivity contribution in [3.8, 4) is 6.08 Å². The quantitative estimate of drug-likeness (QED) is 0.863. The molecule has 3 rings (SSSR count). The van der Waals surface area contributed by atoms with E-state index < -0.39 is 5.97 Å². The van der Waals surface area contributed by atoms with Gasteiger partial charge in [0.2, 0.25) is 0 Å². The van der Waals surface area contributed by atoms with Crippen molar-refractivity contribution in [2.75, 3.05) is 13.2 Å². The summed E-state index contributed by atoms with van der Waals surface area (Å²) in [5.74, 6) is -1.00. The highest BCUT2D eigenvalue weighted by Gasteiger charge is 2.22. The van der Waals surface area contributed by atoms with Crippen molar-refractivity contribution >= 4 is 17.1 Å². The highest BCUT2D eigenvalue weighted by atomic mass is 16.6. The summed E-state index contributed by atoms with van der Waals surface area (Å²) in [7, 11) is 0. The van der Waals surface area contributed by atoms with Gasteiger partial charge in [0, 0.05) is 0 Å². The molecule has 17 heavy (non-hydrogen) atoms. The molecule has 0 saturated carbocycles. The Kier molecular flexibility index (Phi) is 2.22. The number of carbonyl (C=O) groups is 1. The minimum Gasteiger partial charge on any atom is -0.478 e. The van der Waals surface area contributed by atoms with Gasteiger partial charge in [0.1, 0.15) is 5.52 Å². The first kappa shape index (κ1) is 10.1. The number of fused-ring (bicyclic) bond motifs is 1. The van der Waals surface area contributed by atoms with Gasteiger partial charge in [-0.25, -0.2) is 4.79 Å². The van der Waals surface area contributed by atoms with Crippen LogP contribution in [0.25, 0.3) is 11.1 Å². The normalized spacial score (nSPS) is 15.8. The zero-order valence-electron chi connectivity index (χ0n) is 8.75. The smallest absolute Gasteiger partial charge is 0.395 e. The average molecular weight is 235 g/mol. The summed E-state index contributed by atoms with van der Waals surface area (Å²) in [6.45, 7) is 1.05. The van der Waals surface area contributed by atoms with Crippen LogP contribution in [0.15, 0.2) is 22.6 Å². The fourth-order valence-electron chi connectivity index (χ4n) is 1.51. The van der Waals surface area contributed by atoms with Crippen molar-refractivity contribution in [2.45, 2.75) is 6.10 Å². The molecule has 88 valence electrons. The van der Waals surface area contributed by atoms with Gasteiger partial charge < -0.3 is 19.0 Å². The Balaban J connectivity index is 1.91. The molecule has 1 aromatic carbocycles. The molecule has 1 N–H and O–H groups in total. The summed E-state index contributed by atoms with van der Waals surface area (Å²) in [5, 5.41) is 8.83. The summed E-state index contributed by atoms with van der Waals surface area (Å²) in [5.41, 5.74) is 1.14. The van der Waals surface area contributed by atoms with Crippen LogP contribution < -0.4 is 4.74 Å². The standard InChI is InChI=1S/C11H9NO5/c13-10(14)6-1-2-8-9(3-6)17-11(12-8)16-7-4-15-5-7/h1-3,7H,4-5H2,(H,13,14). The van der Waals surface area contributed by atoms with Crippen LogP contribution >= 0.6 is 0 Å². The summed E-state index contributed by atoms with van der Waals surface area (Å²) in [6, 6.07) is 4.49. The molecule has 2 aromatic rings. The number of ether oxygens (including phenoxy) is 2. The topological polar surface area (TPSA) is 81.8 Å². The van der Waals surface area contributed by atoms with Crippen LogP contribution in [0.3, 0.4) is 0 Å². The number of rotatable bonds is 3. The van der Waals surface area contributed by atoms with Gasteiger partial charge in [-0.15, -0.1) is 0 Å². The van der Waals surface area contributed by atoms with Gasteiger partial charge in [-0.05, 0) is 18.2 Å². The molecule has 1 saturated heterocycles. The SMILES string of the molecule is O=C(O)c1ccc2nc(OC3COC3)oc2c1. The first-order valence-electron chi connectivity index (χ1n) is 5.10. The Labute approximate surface area is 95.8 Å². The van der Waals surface area contributed by atoms with Crippen molar-refractivity contribution in [1.82, 2.24) is 4.98 Å². The Bertz CT molecular complexity index is 572. The van der Waals surface area contributed by atoms with E-state index in [2.05, 4.69) is 4.98 Å². The molecule has 6 heteroatoms. The number of carboxylic acid groups (broad SMARTS) is 1. The molecule has 0 atom stereocenters. The van der Waals surface area contributed by atoms with Crippen molar-refractivity contribution < 1.29 is 23.8 Å². The van der Waals surface area contributed by atoms with Crippen LogP contribution in [0, 0.1) is 0 Å². The van der Waals surface area contributed by atoms with E-state index in [1.807, 2.05) is 0 Å². The van der Waals surface area contributed by atoms with Crippen molar-refractivity contribution in [1.29, 1.82) is 0 Å². The molecule has 0 amide bonds. The Hall–Kier alpha value is -2.08. The fourth-order valence-corrected chi connectivity index (χ4v) is 1.51. The van der Waals surface area contributed by atoms with E-state index in [-0.39, 0.29) is 17.7 Å². The van der Waals surface area contributed by atoms with Gasteiger partial charge in [-0.2, -0.15) is 4.98 Å². The van der Waals surface area contributed by atoms with E-state index >= 15 is 0 Å². The Morgan fingerprint density at radius 3 is 2.94 bits per heavy atom. The zero-order valence-corrected chi connectivity index (χ0v) is 8.75. The van der Waals surface area contributed by atoms with Gasteiger partial charge >= 0.3 is 12.0 Å². The van der Waals surface area contributed by atoms with Crippen molar-refractivity contribution in [2.24, 2.45) is 0 Å². The molecule has 0 bridgehead atoms. The number of benzene rings is 1. The van der Waals surface area contributed by atoms with E-state index in [0.717, 1.165) is 0 Å². The van der Waals surface area contributed by atoms with Gasteiger partial charge in [-0.1, -0.05) is 0 Å². The second kappa shape index (κ2) is 3.74. The average Bonchev–Trinajstić information content (AvgIpc) is 2.64. The molecular weight excluding hydrogens is 226 g/mol. The summed E-state index contributed by atoms with van der Waals surface area (Å²) >= 11 is 0. The molecule has 1 aromatic heterocycles. The van der Waals surface area contributed by atoms with E-state index in [1.165, 1.54) is 12.1 Å². The third kappa shape index (κ3) is 1.83. The van der Waals surface area contributed by atoms with Crippen LogP contribution in [0.4, 0.5) is 0 Å². The molecule has 1 aliphatic rings. The number of nitrogens with zero attached hydrogens (tertiary/aromatic N) is 1. The second-order valence-electron chi connectivity index (χ2n) is 3.74. The van der Waals surface area contributed by atoms with Crippen molar-refractivity contribution in [3.63, 3.8) is 0 Å². The summed E-state index contributed by atoms with van der Waals surface area (Å²) in [4.78, 5) is 14.9. The third-order valence-corrected chi connectivity index (χ3v) is 2.49. The number of oxazole rings is 1. The lowest BCUT2D eigenvalue weighted by atomic mass is 10.2. The van der Waals surface area contributed by atoms with Crippen LogP contribution in [0.1, 0.15) is 10.4 Å². The van der Waals surface area contributed by atoms with Gasteiger partial charge in [0.25, 0.3) is 0 Å². The minimum absolute atomic E-state index is 0.0259. The highest BCUT2D eigenvalue weighted by Crippen LogP contribution is 2.23. The molecule has 1 aliphatic heterocycles. The lowest BCUT2D eigenvalue weighted by Crippen LogP contribution is -2.38. The van der Waals surface area contributed by atoms with Crippen LogP contribution in [0.2, 0.25) is 0 Å². The maximum Gasteiger partial charge on any atom is 0.395 e. The lowest BCUT2D eigenvalue weighted by Gasteiger charge is -2.24. The first-order valence-corrected chi connectivity index (χ1v) is 5.10. The maximum absolute atomic E-state index is 10.8. The lowest BCUT2D eigenvalue weighted by molar-refractivity contribution is -0.0889. The number of carboxylic acids is 1. The largest absolute Gasteiger partial charge is 0.478 e. The number of aromatic carboxylic acids is 1. The molecule has 0 radical (unpaired) electrons. The van der Waals surface area contributed by atoms with E-state index in [0.29, 0.717) is 24.3 Å². The highest BCUT2D eigenvalue weighted by molar-refractivity contribution is 5.91. The van der Waals surface area contributed by atoms with Crippen LogP contribution in [-0.4, -0.2) is 35.4 Å². The van der Waals surface area contributed by atoms with Gasteiger partial charge in [-0.3, -0.25) is 0 Å². The minimum atomic E-state index is -1.00.